The summed E-state index contributed by atoms with van der Waals surface area (Å²) in [5, 5.41) is 0. The van der Waals surface area contributed by atoms with Gasteiger partial charge in [-0.1, -0.05) is 0 Å². The van der Waals surface area contributed by atoms with Gasteiger partial charge in [0.2, 0.25) is 0 Å². The second-order valence-corrected chi connectivity index (χ2v) is 5.58. The van der Waals surface area contributed by atoms with Crippen molar-refractivity contribution in [2.24, 2.45) is 0 Å². The first-order chi connectivity index (χ1) is 7.92. The average molecular weight is 224 g/mol. The molecule has 3 rings (SSSR count). The highest BCUT2D eigenvalue weighted by Gasteiger charge is 2.30. The van der Waals surface area contributed by atoms with Gasteiger partial charge in [-0.05, 0) is 51.7 Å². The highest BCUT2D eigenvalue weighted by molar-refractivity contribution is 4.86. The summed E-state index contributed by atoms with van der Waals surface area (Å²) in [6, 6.07) is 0.851. The summed E-state index contributed by atoms with van der Waals surface area (Å²) in [5.74, 6) is 0. The third-order valence-corrected chi connectivity index (χ3v) is 4.37. The smallest absolute Gasteiger partial charge is 0.0702 e. The Morgan fingerprint density at radius 3 is 2.81 bits per heavy atom. The molecule has 2 unspecified atom stereocenters. The highest BCUT2D eigenvalue weighted by atomic mass is 16.5. The molecule has 3 nitrogen and oxygen atoms in total. The van der Waals surface area contributed by atoms with Crippen LogP contribution in [0, 0.1) is 0 Å². The summed E-state index contributed by atoms with van der Waals surface area (Å²) in [6.07, 6.45) is 7.27. The van der Waals surface area contributed by atoms with E-state index in [0.717, 1.165) is 12.6 Å². The van der Waals surface area contributed by atoms with Crippen LogP contribution >= 0.6 is 0 Å². The molecule has 3 aliphatic rings. The minimum absolute atomic E-state index is 0.535. The minimum atomic E-state index is 0.535. The molecule has 3 aliphatic heterocycles. The van der Waals surface area contributed by atoms with Gasteiger partial charge in [-0.15, -0.1) is 0 Å². The quantitative estimate of drug-likeness (QED) is 0.704. The summed E-state index contributed by atoms with van der Waals surface area (Å²) in [5.41, 5.74) is 0. The van der Waals surface area contributed by atoms with E-state index >= 15 is 0 Å². The van der Waals surface area contributed by atoms with E-state index in [2.05, 4.69) is 9.80 Å². The van der Waals surface area contributed by atoms with E-state index < -0.39 is 0 Å². The van der Waals surface area contributed by atoms with E-state index in [-0.39, 0.29) is 0 Å². The number of rotatable bonds is 2. The molecule has 0 aromatic rings. The molecule has 0 bridgehead atoms. The van der Waals surface area contributed by atoms with Gasteiger partial charge in [-0.3, -0.25) is 9.80 Å². The predicted octanol–water partition coefficient (Wildman–Crippen LogP) is 1.34. The van der Waals surface area contributed by atoms with Crippen LogP contribution in [0.1, 0.15) is 32.1 Å². The van der Waals surface area contributed by atoms with Gasteiger partial charge >= 0.3 is 0 Å². The fraction of sp³-hybridized carbons (Fsp3) is 1.00. The van der Waals surface area contributed by atoms with Crippen LogP contribution in [0.25, 0.3) is 0 Å². The first-order valence-corrected chi connectivity index (χ1v) is 7.00. The standard InChI is InChI=1S/C13H24N2O/c1-4-12-10-14(6-3-8-15(12)7-1)11-13-5-2-9-16-13/h12-13H,1-11H2. The molecule has 3 saturated heterocycles. The Morgan fingerprint density at radius 2 is 1.94 bits per heavy atom. The van der Waals surface area contributed by atoms with E-state index in [1.165, 1.54) is 64.8 Å². The third kappa shape index (κ3) is 2.41. The van der Waals surface area contributed by atoms with E-state index in [0.29, 0.717) is 6.10 Å². The van der Waals surface area contributed by atoms with Gasteiger partial charge in [0.05, 0.1) is 6.10 Å². The molecule has 16 heavy (non-hydrogen) atoms. The zero-order valence-electron chi connectivity index (χ0n) is 10.2. The Bertz CT molecular complexity index is 228. The lowest BCUT2D eigenvalue weighted by atomic mass is 10.2. The SMILES string of the molecule is C1COC(CN2CCCN3CCCC3C2)C1. The zero-order valence-corrected chi connectivity index (χ0v) is 10.2. The van der Waals surface area contributed by atoms with Crippen LogP contribution in [0.2, 0.25) is 0 Å². The van der Waals surface area contributed by atoms with Crippen molar-refractivity contribution < 1.29 is 4.74 Å². The minimum Gasteiger partial charge on any atom is -0.377 e. The van der Waals surface area contributed by atoms with Crippen molar-refractivity contribution in [3.05, 3.63) is 0 Å². The van der Waals surface area contributed by atoms with Crippen molar-refractivity contribution in [1.82, 2.24) is 9.80 Å². The highest BCUT2D eigenvalue weighted by Crippen LogP contribution is 2.22. The fourth-order valence-corrected chi connectivity index (χ4v) is 3.53. The van der Waals surface area contributed by atoms with E-state index in [1.807, 2.05) is 0 Å². The number of fused-ring (bicyclic) bond motifs is 1. The topological polar surface area (TPSA) is 15.7 Å². The van der Waals surface area contributed by atoms with Gasteiger partial charge in [0.25, 0.3) is 0 Å². The van der Waals surface area contributed by atoms with Crippen LogP contribution in [0.15, 0.2) is 0 Å². The summed E-state index contributed by atoms with van der Waals surface area (Å²) in [6.45, 7) is 7.43. The molecule has 0 aromatic heterocycles. The van der Waals surface area contributed by atoms with Crippen molar-refractivity contribution in [2.45, 2.75) is 44.2 Å². The maximum absolute atomic E-state index is 5.75. The molecule has 3 heteroatoms. The number of ether oxygens (including phenoxy) is 1. The van der Waals surface area contributed by atoms with Gasteiger partial charge in [0, 0.05) is 25.7 Å². The van der Waals surface area contributed by atoms with Crippen molar-refractivity contribution in [3.8, 4) is 0 Å². The molecular weight excluding hydrogens is 200 g/mol. The molecule has 0 aliphatic carbocycles. The van der Waals surface area contributed by atoms with E-state index in [1.54, 1.807) is 0 Å². The monoisotopic (exact) mass is 224 g/mol. The molecule has 0 saturated carbocycles. The van der Waals surface area contributed by atoms with E-state index in [4.69, 9.17) is 4.74 Å². The lowest BCUT2D eigenvalue weighted by molar-refractivity contribution is 0.0707. The van der Waals surface area contributed by atoms with Crippen LogP contribution in [0.4, 0.5) is 0 Å². The Hall–Kier alpha value is -0.120. The molecule has 0 spiro atoms. The van der Waals surface area contributed by atoms with Crippen LogP contribution < -0.4 is 0 Å². The van der Waals surface area contributed by atoms with Gasteiger partial charge < -0.3 is 4.74 Å². The molecule has 92 valence electrons. The number of nitrogens with zero attached hydrogens (tertiary/aromatic N) is 2. The van der Waals surface area contributed by atoms with Crippen molar-refractivity contribution in [3.63, 3.8) is 0 Å². The summed E-state index contributed by atoms with van der Waals surface area (Å²) in [4.78, 5) is 5.36. The normalized spacial score (nSPS) is 37.5. The van der Waals surface area contributed by atoms with Crippen LogP contribution in [0.5, 0.6) is 0 Å². The summed E-state index contributed by atoms with van der Waals surface area (Å²) in [7, 11) is 0. The number of hydrogen-bond acceptors (Lipinski definition) is 3. The summed E-state index contributed by atoms with van der Waals surface area (Å²) >= 11 is 0. The summed E-state index contributed by atoms with van der Waals surface area (Å²) < 4.78 is 5.75. The van der Waals surface area contributed by atoms with Crippen LogP contribution in [-0.2, 0) is 4.74 Å². The Kier molecular flexibility index (Phi) is 3.46. The maximum Gasteiger partial charge on any atom is 0.0702 e. The van der Waals surface area contributed by atoms with Gasteiger partial charge in [-0.2, -0.15) is 0 Å². The maximum atomic E-state index is 5.75. The molecule has 3 fully saturated rings. The average Bonchev–Trinajstić information content (AvgIpc) is 2.88. The van der Waals surface area contributed by atoms with Gasteiger partial charge in [-0.25, -0.2) is 0 Å². The Labute approximate surface area is 98.7 Å². The molecule has 3 heterocycles. The molecule has 0 aromatic carbocycles. The van der Waals surface area contributed by atoms with Gasteiger partial charge in [0.1, 0.15) is 0 Å². The van der Waals surface area contributed by atoms with Crippen LogP contribution in [0.3, 0.4) is 0 Å². The lowest BCUT2D eigenvalue weighted by Crippen LogP contribution is -2.39. The first kappa shape index (κ1) is 11.0. The zero-order chi connectivity index (χ0) is 10.8. The molecule has 0 radical (unpaired) electrons. The predicted molar refractivity (Wildman–Crippen MR) is 64.6 cm³/mol. The molecular formula is C13H24N2O. The second-order valence-electron chi connectivity index (χ2n) is 5.58. The lowest BCUT2D eigenvalue weighted by Gasteiger charge is -2.27. The van der Waals surface area contributed by atoms with Crippen LogP contribution in [-0.4, -0.2) is 61.3 Å². The Balaban J connectivity index is 1.54. The molecule has 0 N–H and O–H groups in total. The number of hydrogen-bond donors (Lipinski definition) is 0. The van der Waals surface area contributed by atoms with Crippen molar-refractivity contribution >= 4 is 0 Å². The Morgan fingerprint density at radius 1 is 1.00 bits per heavy atom. The molecule has 2 atom stereocenters. The second kappa shape index (κ2) is 5.03. The van der Waals surface area contributed by atoms with Gasteiger partial charge in [0.15, 0.2) is 0 Å². The van der Waals surface area contributed by atoms with E-state index in [9.17, 15) is 0 Å². The third-order valence-electron chi connectivity index (χ3n) is 4.37. The fourth-order valence-electron chi connectivity index (χ4n) is 3.53. The van der Waals surface area contributed by atoms with Crippen molar-refractivity contribution in [1.29, 1.82) is 0 Å². The molecule has 0 amide bonds. The van der Waals surface area contributed by atoms with Crippen molar-refractivity contribution in [2.75, 3.05) is 39.3 Å². The largest absolute Gasteiger partial charge is 0.377 e. The first-order valence-electron chi connectivity index (χ1n) is 7.00.